The van der Waals surface area contributed by atoms with Gasteiger partial charge in [-0.2, -0.15) is 0 Å². The Bertz CT molecular complexity index is 1510. The van der Waals surface area contributed by atoms with Crippen molar-refractivity contribution < 1.29 is 35.4 Å². The molecule has 0 aliphatic heterocycles. The molecule has 8 heteroatoms. The first-order valence-corrected chi connectivity index (χ1v) is 32.5. The number of carbonyl (C=O) groups excluding carboxylic acids is 1. The first-order chi connectivity index (χ1) is 35.0. The van der Waals surface area contributed by atoms with E-state index in [0.717, 1.165) is 173 Å². The van der Waals surface area contributed by atoms with E-state index in [-0.39, 0.29) is 54.4 Å². The van der Waals surface area contributed by atoms with Crippen LogP contribution in [0.5, 0.6) is 0 Å². The van der Waals surface area contributed by atoms with Gasteiger partial charge in [-0.15, -0.1) is 0 Å². The normalized spacial score (nSPS) is 33.2. The van der Waals surface area contributed by atoms with Crippen molar-refractivity contribution in [3.8, 4) is 0 Å². The average molecular weight is 1090 g/mol. The van der Waals surface area contributed by atoms with Crippen LogP contribution in [0.15, 0.2) is 0 Å². The molecular weight excluding hydrogens is 955 g/mol. The van der Waals surface area contributed by atoms with Gasteiger partial charge in [-0.25, -0.2) is 0 Å². The lowest BCUT2D eigenvalue weighted by Gasteiger charge is -2.57. The molecule has 9 aliphatic carbocycles. The molecule has 0 aromatic carbocycles. The minimum Gasteiger partial charge on any atom is -0.393 e. The molecule has 0 aromatic rings. The van der Waals surface area contributed by atoms with E-state index in [2.05, 4.69) is 118 Å². The van der Waals surface area contributed by atoms with Gasteiger partial charge in [0.15, 0.2) is 0 Å². The first kappa shape index (κ1) is 74.2. The van der Waals surface area contributed by atoms with Gasteiger partial charge in [0, 0.05) is 5.41 Å². The van der Waals surface area contributed by atoms with Crippen LogP contribution >= 0.6 is 0 Å². The van der Waals surface area contributed by atoms with Crippen LogP contribution in [0.3, 0.4) is 0 Å². The van der Waals surface area contributed by atoms with Crippen molar-refractivity contribution in [2.24, 2.45) is 98.9 Å². The van der Waals surface area contributed by atoms with Gasteiger partial charge < -0.3 is 36.4 Å². The topological polar surface area (TPSA) is 164 Å². The molecule has 0 saturated heterocycles. The molecule has 9 aliphatic rings. The average Bonchev–Trinajstić information content (AvgIpc) is 4.18. The zero-order valence-corrected chi connectivity index (χ0v) is 53.6. The summed E-state index contributed by atoms with van der Waals surface area (Å²) in [7, 11) is 0. The lowest BCUT2D eigenvalue weighted by Crippen LogP contribution is -2.51. The minimum absolute atomic E-state index is 0. The second-order valence-electron chi connectivity index (χ2n) is 31.4. The van der Waals surface area contributed by atoms with Crippen LogP contribution in [-0.4, -0.2) is 72.2 Å². The van der Waals surface area contributed by atoms with E-state index in [0.29, 0.717) is 17.3 Å². The number of primary amides is 1. The van der Waals surface area contributed by atoms with Crippen molar-refractivity contribution in [1.82, 2.24) is 0 Å². The number of aliphatic hydroxyl groups is 6. The van der Waals surface area contributed by atoms with E-state index in [4.69, 9.17) is 15.9 Å². The van der Waals surface area contributed by atoms with Gasteiger partial charge in [-0.3, -0.25) is 4.79 Å². The maximum Gasteiger partial charge on any atom is 0.223 e. The minimum atomic E-state index is -0.356. The summed E-state index contributed by atoms with van der Waals surface area (Å²) in [4.78, 5) is 10.8. The molecule has 9 rings (SSSR count). The second-order valence-corrected chi connectivity index (χ2v) is 31.4. The Labute approximate surface area is 479 Å². The molecular formula is C69H137NO7. The van der Waals surface area contributed by atoms with Gasteiger partial charge >= 0.3 is 0 Å². The lowest BCUT2D eigenvalue weighted by atomic mass is 9.49. The van der Waals surface area contributed by atoms with Crippen LogP contribution in [0.1, 0.15) is 305 Å². The van der Waals surface area contributed by atoms with Crippen molar-refractivity contribution in [2.45, 2.75) is 341 Å². The molecule has 77 heavy (non-hydrogen) atoms. The van der Waals surface area contributed by atoms with Crippen molar-refractivity contribution in [3.05, 3.63) is 0 Å². The van der Waals surface area contributed by atoms with Crippen LogP contribution in [0.25, 0.3) is 0 Å². The molecule has 8 N–H and O–H groups in total. The predicted molar refractivity (Wildman–Crippen MR) is 329 cm³/mol. The van der Waals surface area contributed by atoms with Crippen LogP contribution in [0.2, 0.25) is 0 Å². The van der Waals surface area contributed by atoms with Crippen LogP contribution in [0, 0.1) is 93.2 Å². The molecule has 460 valence electrons. The summed E-state index contributed by atoms with van der Waals surface area (Å²) >= 11 is 0. The summed E-state index contributed by atoms with van der Waals surface area (Å²) in [6, 6.07) is 0. The third-order valence-electron chi connectivity index (χ3n) is 19.8. The quantitative estimate of drug-likeness (QED) is 0.0965. The summed E-state index contributed by atoms with van der Waals surface area (Å²) < 4.78 is 0. The summed E-state index contributed by atoms with van der Waals surface area (Å²) in [6.07, 6.45) is 31.5. The molecule has 0 aromatic heterocycles. The molecule has 1 spiro atoms. The molecule has 0 radical (unpaired) electrons. The summed E-state index contributed by atoms with van der Waals surface area (Å²) in [5.74, 6) is 10.4. The van der Waals surface area contributed by atoms with E-state index in [1.165, 1.54) is 70.6 Å². The molecule has 0 atom stereocenters. The highest BCUT2D eigenvalue weighted by molar-refractivity contribution is 5.83. The van der Waals surface area contributed by atoms with E-state index in [1.807, 2.05) is 6.92 Å². The van der Waals surface area contributed by atoms with Gasteiger partial charge in [0.25, 0.3) is 0 Å². The third kappa shape index (κ3) is 29.9. The van der Waals surface area contributed by atoms with Crippen molar-refractivity contribution in [3.63, 3.8) is 0 Å². The number of nitrogens with two attached hydrogens (primary N) is 1. The van der Waals surface area contributed by atoms with Crippen molar-refractivity contribution >= 4 is 5.91 Å². The number of aliphatic hydroxyl groups excluding tert-OH is 4. The number of carbonyl (C=O) groups is 1. The monoisotopic (exact) mass is 1090 g/mol. The predicted octanol–water partition coefficient (Wildman–Crippen LogP) is 16.9. The maximum atomic E-state index is 10.8. The molecule has 0 heterocycles. The first-order valence-electron chi connectivity index (χ1n) is 32.5. The number of hydrogen-bond donors (Lipinski definition) is 7. The fourth-order valence-corrected chi connectivity index (χ4v) is 13.8. The fourth-order valence-electron chi connectivity index (χ4n) is 13.8. The van der Waals surface area contributed by atoms with Crippen molar-refractivity contribution in [1.29, 1.82) is 0 Å². The third-order valence-corrected chi connectivity index (χ3v) is 19.8. The standard InChI is InChI=1S/C10H18O.C10H20O.C9H18O.C9H18.C8H15NO.C8H16O.2C7H14O.CH4/c1-7(2)8-3-10(4-8)5-9(11)6-10;1-8(2)9-4-6-10(3,11)7-5-9;1-7(2)8-3-5-9(10)6-4-8;1-8(2)7-9(3)5-4-6-9;1-6(2)5-8(3-4-8)7(9)10;1-6(2)3-7-4-8(9)5-7;1-5(2)6-3-7(8)4-6;1-6(2)5-7(8)3-4-7;/h7-9,11H,3-6H2,1-2H3;8-9,11H,4-7H2,1-3H3;7-10H,3-6H2,1-2H3;8H,4-7H2,1-3H3;6H,3-5H2,1-2H3,(H2,9,10);6-9H,3-5H2,1-2H3;5-8H,3-4H2,1-2H3;6,8H,3-5H2,1-2H3;1H4. The number of hydrogen-bond acceptors (Lipinski definition) is 7. The molecule has 0 unspecified atom stereocenters. The van der Waals surface area contributed by atoms with Gasteiger partial charge in [0.05, 0.1) is 35.6 Å². The Morgan fingerprint density at radius 2 is 0.870 bits per heavy atom. The Kier molecular flexibility index (Phi) is 32.9. The van der Waals surface area contributed by atoms with E-state index >= 15 is 0 Å². The van der Waals surface area contributed by atoms with Crippen LogP contribution in [0.4, 0.5) is 0 Å². The highest BCUT2D eigenvalue weighted by Gasteiger charge is 2.53. The Balaban J connectivity index is 0.000000440. The Morgan fingerprint density at radius 1 is 0.455 bits per heavy atom. The fraction of sp³-hybridized carbons (Fsp3) is 0.986. The van der Waals surface area contributed by atoms with Gasteiger partial charge in [0.1, 0.15) is 0 Å². The largest absolute Gasteiger partial charge is 0.393 e. The Hall–Kier alpha value is -0.770. The molecule has 1 amide bonds. The molecule has 0 bridgehead atoms. The van der Waals surface area contributed by atoms with Gasteiger partial charge in [0.2, 0.25) is 5.91 Å². The second kappa shape index (κ2) is 34.1. The highest BCUT2D eigenvalue weighted by atomic mass is 16.3. The summed E-state index contributed by atoms with van der Waals surface area (Å²) in [6.45, 7) is 40.3. The molecule has 9 saturated carbocycles. The Morgan fingerprint density at radius 3 is 1.12 bits per heavy atom. The van der Waals surface area contributed by atoms with E-state index in [9.17, 15) is 25.2 Å². The zero-order valence-electron chi connectivity index (χ0n) is 53.6. The van der Waals surface area contributed by atoms with Gasteiger partial charge in [-0.05, 0) is 262 Å². The number of amides is 1. The highest BCUT2D eigenvalue weighted by Crippen LogP contribution is 2.60. The maximum absolute atomic E-state index is 10.8. The number of rotatable bonds is 13. The summed E-state index contributed by atoms with van der Waals surface area (Å²) in [5.41, 5.74) is 5.93. The summed E-state index contributed by atoms with van der Waals surface area (Å²) in [5, 5.41) is 55.2. The SMILES string of the molecule is C.CC(C)C1CC(O)C1.CC(C)C1CC2(CC(O)C2)C1.CC(C)C1CCC(C)(O)CC1.CC(C)C1CCC(O)CC1.CC(C)CC1(C(N)=O)CC1.CC(C)CC1(C)CCC1.CC(C)CC1(O)CC1.CC(C)CC1CC(O)C1. The van der Waals surface area contributed by atoms with Crippen LogP contribution in [-0.2, 0) is 4.79 Å². The molecule has 8 nitrogen and oxygen atoms in total. The molecule has 9 fully saturated rings. The van der Waals surface area contributed by atoms with Gasteiger partial charge in [-0.1, -0.05) is 132 Å². The zero-order chi connectivity index (χ0) is 58.0. The van der Waals surface area contributed by atoms with Crippen LogP contribution < -0.4 is 5.73 Å². The smallest absolute Gasteiger partial charge is 0.223 e. The lowest BCUT2D eigenvalue weighted by molar-refractivity contribution is -0.123. The van der Waals surface area contributed by atoms with E-state index in [1.54, 1.807) is 0 Å². The van der Waals surface area contributed by atoms with Crippen molar-refractivity contribution in [2.75, 3.05) is 0 Å². The van der Waals surface area contributed by atoms with E-state index < -0.39 is 0 Å².